The molecule has 4 atom stereocenters. The van der Waals surface area contributed by atoms with Crippen molar-refractivity contribution in [1.82, 2.24) is 0 Å². The molecule has 2 N–H and O–H groups in total. The summed E-state index contributed by atoms with van der Waals surface area (Å²) in [5.74, 6) is 2.12. The van der Waals surface area contributed by atoms with Crippen LogP contribution in [0.3, 0.4) is 0 Å². The van der Waals surface area contributed by atoms with Gasteiger partial charge in [-0.15, -0.1) is 0 Å². The molecule has 5 rings (SSSR count). The number of fused-ring (bicyclic) bond motifs is 3. The lowest BCUT2D eigenvalue weighted by Crippen LogP contribution is -2.30. The maximum Gasteiger partial charge on any atom is 0.131 e. The molecule has 0 radical (unpaired) electrons. The first-order valence-corrected chi connectivity index (χ1v) is 18.3. The Balaban J connectivity index is 0.000000804. The quantitative estimate of drug-likeness (QED) is 0.156. The van der Waals surface area contributed by atoms with Crippen LogP contribution in [0.15, 0.2) is 121 Å². The van der Waals surface area contributed by atoms with E-state index in [0.717, 1.165) is 29.9 Å². The molecule has 0 aromatic heterocycles. The van der Waals surface area contributed by atoms with E-state index in [1.54, 1.807) is 6.07 Å². The number of aromatic hydroxyl groups is 1. The van der Waals surface area contributed by atoms with Crippen molar-refractivity contribution in [3.63, 3.8) is 0 Å². The van der Waals surface area contributed by atoms with Gasteiger partial charge in [0.25, 0.3) is 0 Å². The van der Waals surface area contributed by atoms with Crippen molar-refractivity contribution < 1.29 is 14.7 Å². The number of para-hydroxylation sites is 2. The van der Waals surface area contributed by atoms with E-state index in [0.29, 0.717) is 20.0 Å². The molecule has 0 amide bonds. The van der Waals surface area contributed by atoms with Gasteiger partial charge < -0.3 is 14.7 Å². The van der Waals surface area contributed by atoms with E-state index in [-0.39, 0.29) is 5.66 Å². The zero-order chi connectivity index (χ0) is 33.4. The van der Waals surface area contributed by atoms with Crippen molar-refractivity contribution in [3.05, 3.63) is 121 Å². The molecule has 0 bridgehead atoms. The molecular weight excluding hydrogens is 590 g/mol. The van der Waals surface area contributed by atoms with E-state index < -0.39 is 8.15 Å². The van der Waals surface area contributed by atoms with Gasteiger partial charge in [0.2, 0.25) is 0 Å². The van der Waals surface area contributed by atoms with Crippen LogP contribution in [0.4, 0.5) is 0 Å². The van der Waals surface area contributed by atoms with Crippen LogP contribution >= 0.6 is 16.7 Å². The number of allylic oxidation sites excluding steroid dienone is 4. The molecule has 1 aliphatic rings. The van der Waals surface area contributed by atoms with Gasteiger partial charge in [-0.05, 0) is 54.0 Å². The molecule has 5 heteroatoms. The Bertz CT molecular complexity index is 1510. The summed E-state index contributed by atoms with van der Waals surface area (Å²) >= 11 is 0. The number of aliphatic hydroxyl groups is 1. The number of rotatable bonds is 7. The van der Waals surface area contributed by atoms with Crippen LogP contribution in [0, 0.1) is 5.92 Å². The van der Waals surface area contributed by atoms with Crippen molar-refractivity contribution in [3.8, 4) is 33.8 Å². The fourth-order valence-electron chi connectivity index (χ4n) is 5.02. The average molecular weight is 643 g/mol. The highest BCUT2D eigenvalue weighted by Gasteiger charge is 2.37. The summed E-state index contributed by atoms with van der Waals surface area (Å²) in [4.78, 5) is 0. The van der Waals surface area contributed by atoms with Crippen LogP contribution in [0.5, 0.6) is 11.5 Å². The predicted molar refractivity (Wildman–Crippen MR) is 202 cm³/mol. The zero-order valence-electron chi connectivity index (χ0n) is 28.5. The third-order valence-electron chi connectivity index (χ3n) is 6.76. The Hall–Kier alpha value is -3.22. The van der Waals surface area contributed by atoms with Crippen molar-refractivity contribution in [2.24, 2.45) is 5.92 Å². The highest BCUT2D eigenvalue weighted by atomic mass is 31.1. The largest absolute Gasteiger partial charge is 0.507 e. The third-order valence-corrected chi connectivity index (χ3v) is 11.2. The molecule has 1 aliphatic heterocycles. The number of hydrogen-bond donors (Lipinski definition) is 2. The lowest BCUT2D eigenvalue weighted by atomic mass is 10.0. The highest BCUT2D eigenvalue weighted by molar-refractivity contribution is 7.64. The van der Waals surface area contributed by atoms with Gasteiger partial charge in [0.15, 0.2) is 0 Å². The normalized spacial score (nSPS) is 14.9. The summed E-state index contributed by atoms with van der Waals surface area (Å²) in [5.41, 5.74) is 6.33. The van der Waals surface area contributed by atoms with E-state index >= 15 is 0 Å². The Kier molecular flexibility index (Phi) is 16.9. The summed E-state index contributed by atoms with van der Waals surface area (Å²) < 4.78 is 6.88. The van der Waals surface area contributed by atoms with Crippen molar-refractivity contribution in [1.29, 1.82) is 0 Å². The summed E-state index contributed by atoms with van der Waals surface area (Å²) in [6, 6.07) is 33.2. The Labute approximate surface area is 275 Å². The fraction of sp³-hybridized carbons (Fsp3) is 0.300. The second kappa shape index (κ2) is 20.0. The van der Waals surface area contributed by atoms with Crippen LogP contribution in [0.25, 0.3) is 22.3 Å². The summed E-state index contributed by atoms with van der Waals surface area (Å²) in [6.07, 6.45) is 6.46. The summed E-state index contributed by atoms with van der Waals surface area (Å²) in [7, 11) is 0.608. The second-order valence-electron chi connectivity index (χ2n) is 11.0. The Morgan fingerprint density at radius 3 is 1.87 bits per heavy atom. The number of phenolic OH excluding ortho intramolecular Hbond substituents is 1. The molecule has 4 aromatic rings. The van der Waals surface area contributed by atoms with Crippen LogP contribution in [0.2, 0.25) is 0 Å². The van der Waals surface area contributed by atoms with E-state index in [9.17, 15) is 5.11 Å². The minimum Gasteiger partial charge on any atom is -0.507 e. The minimum atomic E-state index is -0.944. The van der Waals surface area contributed by atoms with E-state index in [1.165, 1.54) is 27.3 Å². The first kappa shape index (κ1) is 38.0. The maximum atomic E-state index is 10.6. The van der Waals surface area contributed by atoms with Crippen LogP contribution < -0.4 is 15.1 Å². The molecule has 3 nitrogen and oxygen atoms in total. The minimum absolute atomic E-state index is 0.233. The van der Waals surface area contributed by atoms with E-state index in [4.69, 9.17) is 9.63 Å². The molecule has 0 saturated heterocycles. The molecular formula is C40H52O3P2. The molecule has 1 heterocycles. The number of hydrogen-bond acceptors (Lipinski definition) is 3. The van der Waals surface area contributed by atoms with Gasteiger partial charge in [-0.25, -0.2) is 0 Å². The van der Waals surface area contributed by atoms with Gasteiger partial charge in [0, 0.05) is 29.2 Å². The average Bonchev–Trinajstić information content (AvgIpc) is 3.06. The number of aliphatic hydroxyl groups excluding tert-OH is 1. The molecule has 4 aromatic carbocycles. The van der Waals surface area contributed by atoms with Crippen LogP contribution in [0.1, 0.15) is 55.4 Å². The number of phenols is 1. The zero-order valence-corrected chi connectivity index (χ0v) is 30.3. The standard InChI is InChI=1S/C33H32O2P2.C4H10.C2H6.CH4O/c1-4-5-14-23(2)33(37-32-22-13-9-18-28(32)26-16-7-11-20-30(26)35-37)24(3)36-31-21-12-8-17-27(31)25-15-6-10-19-29(25)34;1-4(2)3;2*1-2/h4-22,24,33-34,36H,1-3H3;4H,1-3H3;1-2H3;2H,1H3/b5-4-,23-14+;;;. The van der Waals surface area contributed by atoms with Crippen LogP contribution in [-0.2, 0) is 0 Å². The fourth-order valence-corrected chi connectivity index (χ4v) is 9.54. The monoisotopic (exact) mass is 642 g/mol. The highest BCUT2D eigenvalue weighted by Crippen LogP contribution is 2.56. The molecule has 4 unspecified atom stereocenters. The summed E-state index contributed by atoms with van der Waals surface area (Å²) in [6.45, 7) is 17.2. The van der Waals surface area contributed by atoms with Gasteiger partial charge >= 0.3 is 0 Å². The topological polar surface area (TPSA) is 49.7 Å². The van der Waals surface area contributed by atoms with Gasteiger partial charge in [-0.1, -0.05) is 159 Å². The van der Waals surface area contributed by atoms with Gasteiger partial charge in [0.05, 0.1) is 0 Å². The number of benzene rings is 4. The SMILES string of the molecule is C/C=C\C=C(/C)C(C(C)Pc1ccccc1-c1ccccc1O)P1Oc2ccccc2-c2ccccc21.CC.CC(C)C.CO. The molecule has 0 aliphatic carbocycles. The maximum absolute atomic E-state index is 10.6. The lowest BCUT2D eigenvalue weighted by molar-refractivity contribution is 0.399. The Morgan fingerprint density at radius 2 is 1.24 bits per heavy atom. The van der Waals surface area contributed by atoms with Gasteiger partial charge in [-0.3, -0.25) is 0 Å². The lowest BCUT2D eigenvalue weighted by Gasteiger charge is -2.37. The van der Waals surface area contributed by atoms with Crippen molar-refractivity contribution in [2.75, 3.05) is 7.11 Å². The Morgan fingerprint density at radius 1 is 0.733 bits per heavy atom. The van der Waals surface area contributed by atoms with Crippen molar-refractivity contribution >= 4 is 27.3 Å². The van der Waals surface area contributed by atoms with Crippen LogP contribution in [-0.4, -0.2) is 28.6 Å². The first-order chi connectivity index (χ1) is 21.8. The first-order valence-electron chi connectivity index (χ1n) is 15.9. The third kappa shape index (κ3) is 10.4. The smallest absolute Gasteiger partial charge is 0.131 e. The molecule has 45 heavy (non-hydrogen) atoms. The predicted octanol–water partition coefficient (Wildman–Crippen LogP) is 10.7. The molecule has 0 spiro atoms. The van der Waals surface area contributed by atoms with Crippen molar-refractivity contribution in [2.45, 2.75) is 66.7 Å². The second-order valence-corrected chi connectivity index (χ2v) is 14.6. The van der Waals surface area contributed by atoms with Gasteiger partial charge in [0.1, 0.15) is 19.6 Å². The molecule has 240 valence electrons. The summed E-state index contributed by atoms with van der Waals surface area (Å²) in [5, 5.41) is 20.2. The molecule has 0 saturated carbocycles. The van der Waals surface area contributed by atoms with E-state index in [2.05, 4.69) is 133 Å². The molecule has 0 fully saturated rings. The van der Waals surface area contributed by atoms with E-state index in [1.807, 2.05) is 32.0 Å². The van der Waals surface area contributed by atoms with Gasteiger partial charge in [-0.2, -0.15) is 0 Å².